The summed E-state index contributed by atoms with van der Waals surface area (Å²) in [6.07, 6.45) is 0.125. The van der Waals surface area contributed by atoms with Crippen LogP contribution in [0.3, 0.4) is 0 Å². The molecule has 1 amide bonds. The lowest BCUT2D eigenvalue weighted by molar-refractivity contribution is -0.136. The second-order valence-electron chi connectivity index (χ2n) is 3.27. The first kappa shape index (κ1) is 10.9. The van der Waals surface area contributed by atoms with Gasteiger partial charge in [-0.2, -0.15) is 0 Å². The molecule has 0 heterocycles. The van der Waals surface area contributed by atoms with Gasteiger partial charge in [-0.25, -0.2) is 0 Å². The fraction of sp³-hybridized carbons (Fsp3) is 0.714. The molecular weight excluding hydrogens is 160 g/mol. The molecule has 0 aliphatic carbocycles. The molecule has 0 rings (SSSR count). The minimum absolute atomic E-state index is 0.125. The molecule has 4 N–H and O–H groups in total. The summed E-state index contributed by atoms with van der Waals surface area (Å²) >= 11 is 0. The Labute approximate surface area is 70.9 Å². The van der Waals surface area contributed by atoms with Crippen LogP contribution in [0, 0.1) is 0 Å². The van der Waals surface area contributed by atoms with Gasteiger partial charge in [0, 0.05) is 12.0 Å². The standard InChI is InChI=1S/C7H14N2O3/c1-7(2,3-5(8)10)9-4-6(11)12/h9H,3-4H2,1-2H3,(H2,8,10)(H,11,12). The smallest absolute Gasteiger partial charge is 0.317 e. The van der Waals surface area contributed by atoms with Crippen LogP contribution in [0.2, 0.25) is 0 Å². The van der Waals surface area contributed by atoms with Crippen LogP contribution in [0.25, 0.3) is 0 Å². The van der Waals surface area contributed by atoms with Crippen molar-refractivity contribution in [2.75, 3.05) is 6.54 Å². The van der Waals surface area contributed by atoms with E-state index in [4.69, 9.17) is 10.8 Å². The Morgan fingerprint density at radius 1 is 1.50 bits per heavy atom. The number of carboxylic acid groups (broad SMARTS) is 1. The zero-order valence-corrected chi connectivity index (χ0v) is 7.26. The van der Waals surface area contributed by atoms with Gasteiger partial charge in [-0.05, 0) is 13.8 Å². The maximum Gasteiger partial charge on any atom is 0.317 e. The lowest BCUT2D eigenvalue weighted by Crippen LogP contribution is -2.44. The molecule has 0 saturated heterocycles. The van der Waals surface area contributed by atoms with Gasteiger partial charge in [0.2, 0.25) is 5.91 Å². The van der Waals surface area contributed by atoms with Crippen molar-refractivity contribution >= 4 is 11.9 Å². The molecular formula is C7H14N2O3. The summed E-state index contributed by atoms with van der Waals surface area (Å²) < 4.78 is 0. The minimum Gasteiger partial charge on any atom is -0.480 e. The zero-order chi connectivity index (χ0) is 9.78. The van der Waals surface area contributed by atoms with Crippen molar-refractivity contribution in [1.82, 2.24) is 5.32 Å². The molecule has 5 heteroatoms. The van der Waals surface area contributed by atoms with E-state index in [1.54, 1.807) is 13.8 Å². The average Bonchev–Trinajstić information content (AvgIpc) is 1.81. The van der Waals surface area contributed by atoms with E-state index in [-0.39, 0.29) is 13.0 Å². The van der Waals surface area contributed by atoms with Gasteiger partial charge in [0.05, 0.1) is 6.54 Å². The van der Waals surface area contributed by atoms with Gasteiger partial charge in [0.1, 0.15) is 0 Å². The summed E-state index contributed by atoms with van der Waals surface area (Å²) in [5, 5.41) is 11.0. The first-order valence-electron chi connectivity index (χ1n) is 3.58. The molecule has 0 saturated carbocycles. The largest absolute Gasteiger partial charge is 0.480 e. The molecule has 0 spiro atoms. The number of carbonyl (C=O) groups excluding carboxylic acids is 1. The Balaban J connectivity index is 3.86. The summed E-state index contributed by atoms with van der Waals surface area (Å²) in [4.78, 5) is 20.6. The van der Waals surface area contributed by atoms with Crippen LogP contribution in [0.1, 0.15) is 20.3 Å². The maximum absolute atomic E-state index is 10.5. The van der Waals surface area contributed by atoms with Gasteiger partial charge in [0.15, 0.2) is 0 Å². The van der Waals surface area contributed by atoms with Crippen molar-refractivity contribution in [2.24, 2.45) is 5.73 Å². The van der Waals surface area contributed by atoms with Crippen molar-refractivity contribution in [3.8, 4) is 0 Å². The van der Waals surface area contributed by atoms with E-state index in [0.29, 0.717) is 0 Å². The highest BCUT2D eigenvalue weighted by Crippen LogP contribution is 2.06. The number of carboxylic acids is 1. The van der Waals surface area contributed by atoms with E-state index in [0.717, 1.165) is 0 Å². The molecule has 12 heavy (non-hydrogen) atoms. The molecule has 0 aliphatic rings. The Hall–Kier alpha value is -1.10. The SMILES string of the molecule is CC(C)(CC(N)=O)NCC(=O)O. The number of primary amides is 1. The van der Waals surface area contributed by atoms with E-state index in [1.807, 2.05) is 0 Å². The molecule has 0 aromatic carbocycles. The Kier molecular flexibility index (Phi) is 3.69. The molecule has 0 aromatic heterocycles. The van der Waals surface area contributed by atoms with Crippen LogP contribution in [0.15, 0.2) is 0 Å². The summed E-state index contributed by atoms with van der Waals surface area (Å²) in [6, 6.07) is 0. The van der Waals surface area contributed by atoms with Gasteiger partial charge in [-0.1, -0.05) is 0 Å². The number of hydrogen-bond acceptors (Lipinski definition) is 3. The average molecular weight is 174 g/mol. The molecule has 0 unspecified atom stereocenters. The Morgan fingerprint density at radius 2 is 2.00 bits per heavy atom. The zero-order valence-electron chi connectivity index (χ0n) is 7.26. The quantitative estimate of drug-likeness (QED) is 0.514. The minimum atomic E-state index is -0.951. The number of hydrogen-bond donors (Lipinski definition) is 3. The third-order valence-corrected chi connectivity index (χ3v) is 1.33. The fourth-order valence-corrected chi connectivity index (χ4v) is 0.813. The summed E-state index contributed by atoms with van der Waals surface area (Å²) in [6.45, 7) is 3.28. The van der Waals surface area contributed by atoms with Crippen molar-refractivity contribution < 1.29 is 14.7 Å². The van der Waals surface area contributed by atoms with Gasteiger partial charge in [0.25, 0.3) is 0 Å². The second kappa shape index (κ2) is 4.06. The van der Waals surface area contributed by atoms with Gasteiger partial charge >= 0.3 is 5.97 Å². The highest BCUT2D eigenvalue weighted by molar-refractivity contribution is 5.75. The molecule has 0 fully saturated rings. The van der Waals surface area contributed by atoms with E-state index in [2.05, 4.69) is 5.32 Å². The third-order valence-electron chi connectivity index (χ3n) is 1.33. The summed E-state index contributed by atoms with van der Waals surface area (Å²) in [5.41, 5.74) is 4.41. The first-order valence-corrected chi connectivity index (χ1v) is 3.58. The van der Waals surface area contributed by atoms with Crippen LogP contribution < -0.4 is 11.1 Å². The van der Waals surface area contributed by atoms with E-state index in [1.165, 1.54) is 0 Å². The van der Waals surface area contributed by atoms with Crippen LogP contribution in [0.5, 0.6) is 0 Å². The maximum atomic E-state index is 10.5. The lowest BCUT2D eigenvalue weighted by atomic mass is 10.0. The van der Waals surface area contributed by atoms with Crippen LogP contribution in [-0.4, -0.2) is 29.1 Å². The van der Waals surface area contributed by atoms with Crippen molar-refractivity contribution in [2.45, 2.75) is 25.8 Å². The van der Waals surface area contributed by atoms with Crippen LogP contribution >= 0.6 is 0 Å². The van der Waals surface area contributed by atoms with Crippen LogP contribution in [-0.2, 0) is 9.59 Å². The summed E-state index contributed by atoms with van der Waals surface area (Å²) in [7, 11) is 0. The van der Waals surface area contributed by atoms with Gasteiger partial charge < -0.3 is 16.2 Å². The molecule has 0 radical (unpaired) electrons. The summed E-state index contributed by atoms with van der Waals surface area (Å²) in [5.74, 6) is -1.40. The number of aliphatic carboxylic acids is 1. The van der Waals surface area contributed by atoms with Gasteiger partial charge in [-0.3, -0.25) is 9.59 Å². The molecule has 70 valence electrons. The fourth-order valence-electron chi connectivity index (χ4n) is 0.813. The first-order chi connectivity index (χ1) is 5.33. The van der Waals surface area contributed by atoms with E-state index >= 15 is 0 Å². The molecule has 0 aromatic rings. The second-order valence-corrected chi connectivity index (χ2v) is 3.27. The van der Waals surface area contributed by atoms with Gasteiger partial charge in [-0.15, -0.1) is 0 Å². The highest BCUT2D eigenvalue weighted by atomic mass is 16.4. The normalized spacial score (nSPS) is 11.2. The number of amides is 1. The predicted molar refractivity (Wildman–Crippen MR) is 43.5 cm³/mol. The van der Waals surface area contributed by atoms with Crippen molar-refractivity contribution in [1.29, 1.82) is 0 Å². The highest BCUT2D eigenvalue weighted by Gasteiger charge is 2.20. The monoisotopic (exact) mass is 174 g/mol. The number of rotatable bonds is 5. The van der Waals surface area contributed by atoms with E-state index < -0.39 is 17.4 Å². The Morgan fingerprint density at radius 3 is 2.33 bits per heavy atom. The number of nitrogens with two attached hydrogens (primary N) is 1. The molecule has 5 nitrogen and oxygen atoms in total. The van der Waals surface area contributed by atoms with Crippen LogP contribution in [0.4, 0.5) is 0 Å². The topological polar surface area (TPSA) is 92.4 Å². The lowest BCUT2D eigenvalue weighted by Gasteiger charge is -2.23. The predicted octanol–water partition coefficient (Wildman–Crippen LogP) is -0.685. The van der Waals surface area contributed by atoms with Crippen molar-refractivity contribution in [3.05, 3.63) is 0 Å². The third kappa shape index (κ3) is 5.67. The van der Waals surface area contributed by atoms with Crippen molar-refractivity contribution in [3.63, 3.8) is 0 Å². The number of nitrogens with one attached hydrogen (secondary N) is 1. The van der Waals surface area contributed by atoms with E-state index in [9.17, 15) is 9.59 Å². The Bertz CT molecular complexity index is 189. The molecule has 0 bridgehead atoms. The molecule has 0 aliphatic heterocycles. The molecule has 0 atom stereocenters. The number of carbonyl (C=O) groups is 2.